The fraction of sp³-hybridized carbons (Fsp3) is 0.312. The average Bonchev–Trinajstić information content (AvgIpc) is 2.63. The van der Waals surface area contributed by atoms with Crippen molar-refractivity contribution in [2.75, 3.05) is 0 Å². The molecule has 19 heavy (non-hydrogen) atoms. The molecule has 2 aromatic rings. The van der Waals surface area contributed by atoms with Crippen LogP contribution in [0.1, 0.15) is 30.8 Å². The molecular weight excluding hydrogens is 236 g/mol. The average molecular weight is 254 g/mol. The van der Waals surface area contributed by atoms with Gasteiger partial charge in [-0.15, -0.1) is 0 Å². The Hall–Kier alpha value is -2.05. The molecule has 0 fully saturated rings. The summed E-state index contributed by atoms with van der Waals surface area (Å²) in [6.07, 6.45) is 0. The van der Waals surface area contributed by atoms with Crippen LogP contribution in [-0.2, 0) is 0 Å². The predicted molar refractivity (Wildman–Crippen MR) is 76.2 cm³/mol. The van der Waals surface area contributed by atoms with Crippen molar-refractivity contribution in [3.63, 3.8) is 0 Å². The van der Waals surface area contributed by atoms with Crippen molar-refractivity contribution in [3.05, 3.63) is 47.3 Å². The fourth-order valence-corrected chi connectivity index (χ4v) is 1.86. The molecule has 1 heterocycles. The fourth-order valence-electron chi connectivity index (χ4n) is 1.86. The normalized spacial score (nSPS) is 11.0. The number of rotatable bonds is 1. The van der Waals surface area contributed by atoms with E-state index in [2.05, 4.69) is 16.9 Å². The van der Waals surface area contributed by atoms with Crippen molar-refractivity contribution in [1.82, 2.24) is 9.78 Å². The monoisotopic (exact) mass is 254 g/mol. The summed E-state index contributed by atoms with van der Waals surface area (Å²) in [6.45, 7) is 7.26. The largest absolute Gasteiger partial charge is 0.378 e. The van der Waals surface area contributed by atoms with Crippen molar-refractivity contribution in [1.29, 1.82) is 0 Å². The lowest BCUT2D eigenvalue weighted by Gasteiger charge is -2.06. The number of nitrogens with zero attached hydrogens (tertiary/aromatic N) is 2. The van der Waals surface area contributed by atoms with Crippen LogP contribution in [0.4, 0.5) is 0 Å². The number of para-hydroxylation sites is 1. The number of aromatic nitrogens is 2. The van der Waals surface area contributed by atoms with Crippen molar-refractivity contribution in [2.24, 2.45) is 0 Å². The Kier molecular flexibility index (Phi) is 3.46. The highest BCUT2D eigenvalue weighted by atomic mass is 16.3. The van der Waals surface area contributed by atoms with Crippen molar-refractivity contribution >= 4 is 0 Å². The Labute approximate surface area is 113 Å². The lowest BCUT2D eigenvalue weighted by atomic mass is 10.1. The molecule has 3 nitrogen and oxygen atoms in total. The molecule has 0 spiro atoms. The zero-order chi connectivity index (χ0) is 14.0. The summed E-state index contributed by atoms with van der Waals surface area (Å²) < 4.78 is 1.88. The quantitative estimate of drug-likeness (QED) is 0.794. The molecule has 0 saturated heterocycles. The second-order valence-corrected chi connectivity index (χ2v) is 5.10. The molecule has 2 rings (SSSR count). The Bertz CT molecular complexity index is 637. The number of aliphatic hydroxyl groups is 1. The van der Waals surface area contributed by atoms with E-state index in [1.807, 2.05) is 48.9 Å². The molecule has 0 saturated carbocycles. The first-order valence-corrected chi connectivity index (χ1v) is 6.26. The standard InChI is InChI=1S/C16H18N2O/c1-12-15(10-11-16(3,4)19)13(2)18(17-12)14-8-6-5-7-9-14/h5-9,19H,1-4H3. The van der Waals surface area contributed by atoms with Crippen LogP contribution in [0.3, 0.4) is 0 Å². The van der Waals surface area contributed by atoms with E-state index in [4.69, 9.17) is 0 Å². The highest BCUT2D eigenvalue weighted by Gasteiger charge is 2.12. The molecule has 1 aromatic carbocycles. The third-order valence-electron chi connectivity index (χ3n) is 2.79. The van der Waals surface area contributed by atoms with Gasteiger partial charge in [0.15, 0.2) is 0 Å². The van der Waals surface area contributed by atoms with Gasteiger partial charge in [0.2, 0.25) is 0 Å². The van der Waals surface area contributed by atoms with Gasteiger partial charge in [0.1, 0.15) is 5.60 Å². The number of hydrogen-bond acceptors (Lipinski definition) is 2. The van der Waals surface area contributed by atoms with E-state index in [9.17, 15) is 5.11 Å². The Morgan fingerprint density at radius 3 is 2.37 bits per heavy atom. The highest BCUT2D eigenvalue weighted by Crippen LogP contribution is 2.17. The minimum absolute atomic E-state index is 0.873. The van der Waals surface area contributed by atoms with E-state index in [1.54, 1.807) is 13.8 Å². The van der Waals surface area contributed by atoms with E-state index in [-0.39, 0.29) is 0 Å². The molecule has 0 aliphatic carbocycles. The highest BCUT2D eigenvalue weighted by molar-refractivity contribution is 5.46. The second-order valence-electron chi connectivity index (χ2n) is 5.10. The first-order valence-electron chi connectivity index (χ1n) is 6.26. The number of hydrogen-bond donors (Lipinski definition) is 1. The van der Waals surface area contributed by atoms with Crippen LogP contribution in [0.25, 0.3) is 5.69 Å². The van der Waals surface area contributed by atoms with Gasteiger partial charge in [0.25, 0.3) is 0 Å². The Balaban J connectivity index is 2.49. The number of benzene rings is 1. The lowest BCUT2D eigenvalue weighted by molar-refractivity contribution is 0.143. The summed E-state index contributed by atoms with van der Waals surface area (Å²) in [4.78, 5) is 0. The summed E-state index contributed by atoms with van der Waals surface area (Å²) in [5, 5.41) is 14.2. The van der Waals surface area contributed by atoms with Gasteiger partial charge in [-0.05, 0) is 39.8 Å². The summed E-state index contributed by atoms with van der Waals surface area (Å²) >= 11 is 0. The lowest BCUT2D eigenvalue weighted by Crippen LogP contribution is -2.14. The maximum Gasteiger partial charge on any atom is 0.120 e. The molecule has 1 aromatic heterocycles. The molecule has 0 radical (unpaired) electrons. The zero-order valence-corrected chi connectivity index (χ0v) is 11.7. The smallest absolute Gasteiger partial charge is 0.120 e. The first-order chi connectivity index (χ1) is 8.88. The number of aryl methyl sites for hydroxylation is 1. The first kappa shape index (κ1) is 13.4. The molecule has 98 valence electrons. The van der Waals surface area contributed by atoms with Gasteiger partial charge < -0.3 is 5.11 Å². The van der Waals surface area contributed by atoms with Crippen molar-refractivity contribution < 1.29 is 5.11 Å². The molecule has 0 aliphatic heterocycles. The van der Waals surface area contributed by atoms with Gasteiger partial charge in [0.05, 0.1) is 22.6 Å². The Morgan fingerprint density at radius 2 is 1.79 bits per heavy atom. The molecule has 3 heteroatoms. The third kappa shape index (κ3) is 3.04. The minimum Gasteiger partial charge on any atom is -0.378 e. The molecule has 0 atom stereocenters. The predicted octanol–water partition coefficient (Wildman–Crippen LogP) is 2.61. The van der Waals surface area contributed by atoms with Crippen molar-refractivity contribution in [2.45, 2.75) is 33.3 Å². The van der Waals surface area contributed by atoms with E-state index < -0.39 is 5.60 Å². The van der Waals surface area contributed by atoms with E-state index in [0.29, 0.717) is 0 Å². The SMILES string of the molecule is Cc1nn(-c2ccccc2)c(C)c1C#CC(C)(C)O. The zero-order valence-electron chi connectivity index (χ0n) is 11.7. The van der Waals surface area contributed by atoms with E-state index in [1.165, 1.54) is 0 Å². The summed E-state index contributed by atoms with van der Waals surface area (Å²) in [7, 11) is 0. The topological polar surface area (TPSA) is 38.0 Å². The third-order valence-corrected chi connectivity index (χ3v) is 2.79. The van der Waals surface area contributed by atoms with Crippen LogP contribution in [0.15, 0.2) is 30.3 Å². The minimum atomic E-state index is -0.992. The maximum atomic E-state index is 9.68. The molecular formula is C16H18N2O. The van der Waals surface area contributed by atoms with Gasteiger partial charge >= 0.3 is 0 Å². The van der Waals surface area contributed by atoms with Crippen LogP contribution in [0, 0.1) is 25.7 Å². The maximum absolute atomic E-state index is 9.68. The van der Waals surface area contributed by atoms with Crippen LogP contribution >= 0.6 is 0 Å². The van der Waals surface area contributed by atoms with Crippen molar-refractivity contribution in [3.8, 4) is 17.5 Å². The Morgan fingerprint density at radius 1 is 1.16 bits per heavy atom. The molecule has 0 amide bonds. The van der Waals surface area contributed by atoms with Gasteiger partial charge in [-0.3, -0.25) is 0 Å². The van der Waals surface area contributed by atoms with Gasteiger partial charge in [-0.25, -0.2) is 4.68 Å². The van der Waals surface area contributed by atoms with E-state index >= 15 is 0 Å². The molecule has 0 bridgehead atoms. The molecule has 0 unspecified atom stereocenters. The van der Waals surface area contributed by atoms with Gasteiger partial charge in [0, 0.05) is 0 Å². The molecule has 1 N–H and O–H groups in total. The second kappa shape index (κ2) is 4.91. The van der Waals surface area contributed by atoms with Crippen LogP contribution < -0.4 is 0 Å². The van der Waals surface area contributed by atoms with Crippen LogP contribution in [0.5, 0.6) is 0 Å². The molecule has 0 aliphatic rings. The van der Waals surface area contributed by atoms with E-state index in [0.717, 1.165) is 22.6 Å². The van der Waals surface area contributed by atoms with Crippen LogP contribution in [-0.4, -0.2) is 20.5 Å². The summed E-state index contributed by atoms with van der Waals surface area (Å²) in [5.74, 6) is 5.86. The van der Waals surface area contributed by atoms with Crippen LogP contribution in [0.2, 0.25) is 0 Å². The summed E-state index contributed by atoms with van der Waals surface area (Å²) in [6, 6.07) is 9.95. The van der Waals surface area contributed by atoms with Gasteiger partial charge in [-0.1, -0.05) is 30.0 Å². The van der Waals surface area contributed by atoms with Gasteiger partial charge in [-0.2, -0.15) is 5.10 Å². The summed E-state index contributed by atoms with van der Waals surface area (Å²) in [5.41, 5.74) is 2.76.